The molecule has 0 amide bonds. The highest BCUT2D eigenvalue weighted by atomic mass is 19.1. The molecular formula is C14H21FN2. The van der Waals surface area contributed by atoms with Crippen molar-refractivity contribution in [1.29, 1.82) is 0 Å². The van der Waals surface area contributed by atoms with Crippen LogP contribution in [0.15, 0.2) is 24.3 Å². The van der Waals surface area contributed by atoms with E-state index in [1.165, 1.54) is 25.0 Å². The van der Waals surface area contributed by atoms with Gasteiger partial charge in [0, 0.05) is 12.2 Å². The van der Waals surface area contributed by atoms with E-state index in [4.69, 9.17) is 5.73 Å². The first kappa shape index (κ1) is 12.4. The van der Waals surface area contributed by atoms with Crippen LogP contribution in [0, 0.1) is 11.7 Å². The molecule has 2 unspecified atom stereocenters. The number of hydrogen-bond donors (Lipinski definition) is 2. The molecule has 1 aromatic rings. The molecule has 17 heavy (non-hydrogen) atoms. The van der Waals surface area contributed by atoms with E-state index in [0.717, 1.165) is 18.5 Å². The van der Waals surface area contributed by atoms with E-state index in [0.29, 0.717) is 12.5 Å². The second-order valence-corrected chi connectivity index (χ2v) is 4.99. The van der Waals surface area contributed by atoms with Crippen molar-refractivity contribution in [2.24, 2.45) is 11.7 Å². The van der Waals surface area contributed by atoms with Crippen molar-refractivity contribution in [3.8, 4) is 0 Å². The van der Waals surface area contributed by atoms with Crippen LogP contribution in [0.25, 0.3) is 0 Å². The minimum Gasteiger partial charge on any atom is -0.378 e. The molecule has 94 valence electrons. The summed E-state index contributed by atoms with van der Waals surface area (Å²) >= 11 is 0. The summed E-state index contributed by atoms with van der Waals surface area (Å²) in [4.78, 5) is 0. The molecule has 2 nitrogen and oxygen atoms in total. The van der Waals surface area contributed by atoms with Crippen molar-refractivity contribution in [2.75, 3.05) is 11.9 Å². The van der Waals surface area contributed by atoms with Gasteiger partial charge in [0.15, 0.2) is 0 Å². The Kier molecular flexibility index (Phi) is 3.67. The quantitative estimate of drug-likeness (QED) is 0.842. The molecule has 1 aromatic carbocycles. The van der Waals surface area contributed by atoms with Crippen molar-refractivity contribution in [3.05, 3.63) is 30.1 Å². The molecule has 0 radical (unpaired) electrons. The molecule has 3 heteroatoms. The lowest BCUT2D eigenvalue weighted by atomic mass is 9.85. The van der Waals surface area contributed by atoms with Crippen LogP contribution in [0.2, 0.25) is 0 Å². The van der Waals surface area contributed by atoms with Crippen molar-refractivity contribution in [3.63, 3.8) is 0 Å². The van der Waals surface area contributed by atoms with E-state index in [1.54, 1.807) is 12.1 Å². The molecule has 2 atom stereocenters. The molecule has 1 aliphatic rings. The molecule has 2 rings (SSSR count). The van der Waals surface area contributed by atoms with E-state index in [9.17, 15) is 4.39 Å². The van der Waals surface area contributed by atoms with E-state index >= 15 is 0 Å². The fourth-order valence-corrected chi connectivity index (χ4v) is 3.04. The first-order valence-corrected chi connectivity index (χ1v) is 6.44. The number of benzene rings is 1. The molecule has 0 heterocycles. The predicted molar refractivity (Wildman–Crippen MR) is 69.4 cm³/mol. The van der Waals surface area contributed by atoms with Gasteiger partial charge in [-0.25, -0.2) is 4.39 Å². The van der Waals surface area contributed by atoms with Gasteiger partial charge in [0.25, 0.3) is 0 Å². The maximum atomic E-state index is 12.9. The lowest BCUT2D eigenvalue weighted by molar-refractivity contribution is 0.346. The maximum absolute atomic E-state index is 12.9. The summed E-state index contributed by atoms with van der Waals surface area (Å²) in [6.45, 7) is 2.86. The second kappa shape index (κ2) is 5.05. The van der Waals surface area contributed by atoms with Gasteiger partial charge in [0.05, 0.1) is 5.54 Å². The Balaban J connectivity index is 2.16. The summed E-state index contributed by atoms with van der Waals surface area (Å²) in [5, 5.41) is 3.54. The standard InChI is InChI=1S/C14H21FN2/c1-2-11-4-3-9-14(11,10-16)17-13-7-5-12(15)6-8-13/h5-8,11,17H,2-4,9-10,16H2,1H3. The van der Waals surface area contributed by atoms with Gasteiger partial charge >= 0.3 is 0 Å². The second-order valence-electron chi connectivity index (χ2n) is 4.99. The number of rotatable bonds is 4. The summed E-state index contributed by atoms with van der Waals surface area (Å²) in [6, 6.07) is 6.56. The van der Waals surface area contributed by atoms with Gasteiger partial charge in [-0.05, 0) is 43.0 Å². The Morgan fingerprint density at radius 2 is 2.12 bits per heavy atom. The van der Waals surface area contributed by atoms with Crippen LogP contribution >= 0.6 is 0 Å². The van der Waals surface area contributed by atoms with Gasteiger partial charge in [-0.1, -0.05) is 19.8 Å². The van der Waals surface area contributed by atoms with Crippen molar-refractivity contribution in [1.82, 2.24) is 0 Å². The van der Waals surface area contributed by atoms with Crippen LogP contribution in [0.3, 0.4) is 0 Å². The molecule has 0 saturated heterocycles. The largest absolute Gasteiger partial charge is 0.378 e. The molecule has 1 saturated carbocycles. The molecule has 0 spiro atoms. The zero-order valence-electron chi connectivity index (χ0n) is 10.4. The lowest BCUT2D eigenvalue weighted by Crippen LogP contribution is -2.48. The monoisotopic (exact) mass is 236 g/mol. The molecule has 0 aromatic heterocycles. The number of nitrogens with one attached hydrogen (secondary N) is 1. The summed E-state index contributed by atoms with van der Waals surface area (Å²) in [7, 11) is 0. The fraction of sp³-hybridized carbons (Fsp3) is 0.571. The van der Waals surface area contributed by atoms with Gasteiger partial charge < -0.3 is 11.1 Å². The summed E-state index contributed by atoms with van der Waals surface area (Å²) in [6.07, 6.45) is 4.72. The SMILES string of the molecule is CCC1CCCC1(CN)Nc1ccc(F)cc1. The minimum absolute atomic E-state index is 0.00653. The van der Waals surface area contributed by atoms with Crippen LogP contribution in [0.1, 0.15) is 32.6 Å². The number of halogens is 1. The lowest BCUT2D eigenvalue weighted by Gasteiger charge is -2.36. The highest BCUT2D eigenvalue weighted by Gasteiger charge is 2.40. The number of hydrogen-bond acceptors (Lipinski definition) is 2. The Hall–Kier alpha value is -1.09. The first-order chi connectivity index (χ1) is 8.20. The van der Waals surface area contributed by atoms with Gasteiger partial charge in [-0.15, -0.1) is 0 Å². The van der Waals surface area contributed by atoms with E-state index in [-0.39, 0.29) is 11.4 Å². The minimum atomic E-state index is -0.198. The topological polar surface area (TPSA) is 38.0 Å². The Bertz CT molecular complexity index is 363. The van der Waals surface area contributed by atoms with Crippen LogP contribution in [0.5, 0.6) is 0 Å². The van der Waals surface area contributed by atoms with Crippen molar-refractivity contribution < 1.29 is 4.39 Å². The number of nitrogens with two attached hydrogens (primary N) is 1. The van der Waals surface area contributed by atoms with Crippen LogP contribution < -0.4 is 11.1 Å². The van der Waals surface area contributed by atoms with Crippen LogP contribution in [0.4, 0.5) is 10.1 Å². The number of anilines is 1. The summed E-state index contributed by atoms with van der Waals surface area (Å²) in [5.74, 6) is 0.424. The Morgan fingerprint density at radius 1 is 1.41 bits per heavy atom. The third-order valence-electron chi connectivity index (χ3n) is 4.05. The first-order valence-electron chi connectivity index (χ1n) is 6.44. The third-order valence-corrected chi connectivity index (χ3v) is 4.05. The van der Waals surface area contributed by atoms with E-state index in [2.05, 4.69) is 12.2 Å². The zero-order chi connectivity index (χ0) is 12.3. The van der Waals surface area contributed by atoms with Gasteiger partial charge in [0.2, 0.25) is 0 Å². The smallest absolute Gasteiger partial charge is 0.123 e. The Morgan fingerprint density at radius 3 is 2.71 bits per heavy atom. The van der Waals surface area contributed by atoms with Crippen LogP contribution in [-0.4, -0.2) is 12.1 Å². The van der Waals surface area contributed by atoms with Gasteiger partial charge in [-0.2, -0.15) is 0 Å². The van der Waals surface area contributed by atoms with Crippen LogP contribution in [-0.2, 0) is 0 Å². The molecule has 0 bridgehead atoms. The maximum Gasteiger partial charge on any atom is 0.123 e. The Labute approximate surface area is 102 Å². The summed E-state index contributed by atoms with van der Waals surface area (Å²) in [5.41, 5.74) is 6.95. The molecule has 0 aliphatic heterocycles. The normalized spacial score (nSPS) is 28.3. The predicted octanol–water partition coefficient (Wildman–Crippen LogP) is 3.15. The molecule has 1 fully saturated rings. The molecule has 3 N–H and O–H groups in total. The highest BCUT2D eigenvalue weighted by Crippen LogP contribution is 2.39. The average molecular weight is 236 g/mol. The van der Waals surface area contributed by atoms with E-state index in [1.807, 2.05) is 0 Å². The highest BCUT2D eigenvalue weighted by molar-refractivity contribution is 5.46. The fourth-order valence-electron chi connectivity index (χ4n) is 3.04. The van der Waals surface area contributed by atoms with Crippen molar-refractivity contribution in [2.45, 2.75) is 38.1 Å². The third kappa shape index (κ3) is 2.44. The van der Waals surface area contributed by atoms with Gasteiger partial charge in [0.1, 0.15) is 5.82 Å². The summed E-state index contributed by atoms with van der Waals surface area (Å²) < 4.78 is 12.9. The zero-order valence-corrected chi connectivity index (χ0v) is 10.4. The van der Waals surface area contributed by atoms with Crippen molar-refractivity contribution >= 4 is 5.69 Å². The molecular weight excluding hydrogens is 215 g/mol. The van der Waals surface area contributed by atoms with E-state index < -0.39 is 0 Å². The van der Waals surface area contributed by atoms with Gasteiger partial charge in [-0.3, -0.25) is 0 Å². The average Bonchev–Trinajstić information content (AvgIpc) is 2.75. The molecule has 1 aliphatic carbocycles.